The first-order valence-electron chi connectivity index (χ1n) is 6.19. The third-order valence-electron chi connectivity index (χ3n) is 2.82. The first kappa shape index (κ1) is 13.3. The zero-order chi connectivity index (χ0) is 13.7. The van der Waals surface area contributed by atoms with E-state index < -0.39 is 0 Å². The highest BCUT2D eigenvalue weighted by atomic mass is 19.1. The number of ether oxygens (including phenoxy) is 1. The lowest BCUT2D eigenvalue weighted by molar-refractivity contribution is 0.399. The highest BCUT2D eigenvalue weighted by molar-refractivity contribution is 5.52. The molecule has 1 N–H and O–H groups in total. The second-order valence-corrected chi connectivity index (χ2v) is 4.44. The first-order valence-corrected chi connectivity index (χ1v) is 6.19. The first-order chi connectivity index (χ1) is 9.19. The summed E-state index contributed by atoms with van der Waals surface area (Å²) in [7, 11) is 1.60. The van der Waals surface area contributed by atoms with E-state index in [0.717, 1.165) is 17.7 Å². The van der Waals surface area contributed by atoms with Crippen molar-refractivity contribution in [3.05, 3.63) is 54.0 Å². The Balaban J connectivity index is 2.01. The normalized spacial score (nSPS) is 11.9. The van der Waals surface area contributed by atoms with Gasteiger partial charge in [0, 0.05) is 12.2 Å². The number of anilines is 1. The van der Waals surface area contributed by atoms with E-state index in [2.05, 4.69) is 17.2 Å². The van der Waals surface area contributed by atoms with Gasteiger partial charge in [-0.3, -0.25) is 0 Å². The number of halogens is 1. The summed E-state index contributed by atoms with van der Waals surface area (Å²) in [4.78, 5) is 4.13. The fourth-order valence-electron chi connectivity index (χ4n) is 1.95. The Hall–Kier alpha value is -2.10. The molecule has 3 nitrogen and oxygen atoms in total. The Kier molecular flexibility index (Phi) is 4.34. The van der Waals surface area contributed by atoms with E-state index >= 15 is 0 Å². The molecule has 0 saturated carbocycles. The number of aromatic nitrogens is 1. The quantitative estimate of drug-likeness (QED) is 0.896. The maximum atomic E-state index is 12.8. The van der Waals surface area contributed by atoms with E-state index in [4.69, 9.17) is 4.74 Å². The summed E-state index contributed by atoms with van der Waals surface area (Å²) in [5.74, 6) is 0.367. The molecule has 100 valence electrons. The molecule has 1 unspecified atom stereocenters. The number of hydrogen-bond acceptors (Lipinski definition) is 3. The van der Waals surface area contributed by atoms with Crippen LogP contribution in [0.25, 0.3) is 0 Å². The van der Waals surface area contributed by atoms with E-state index in [1.165, 1.54) is 12.1 Å². The zero-order valence-corrected chi connectivity index (χ0v) is 11.1. The van der Waals surface area contributed by atoms with E-state index in [1.54, 1.807) is 25.4 Å². The molecule has 0 amide bonds. The molecular formula is C15H17FN2O. The number of methoxy groups -OCH3 is 1. The summed E-state index contributed by atoms with van der Waals surface area (Å²) >= 11 is 0. The molecule has 0 aliphatic heterocycles. The van der Waals surface area contributed by atoms with Crippen LogP contribution in [-0.4, -0.2) is 18.1 Å². The van der Waals surface area contributed by atoms with Gasteiger partial charge >= 0.3 is 0 Å². The third kappa shape index (κ3) is 3.68. The summed E-state index contributed by atoms with van der Waals surface area (Å²) in [5.41, 5.74) is 1.95. The average molecular weight is 260 g/mol. The summed E-state index contributed by atoms with van der Waals surface area (Å²) in [6, 6.07) is 10.5. The average Bonchev–Trinajstić information content (AvgIpc) is 2.42. The summed E-state index contributed by atoms with van der Waals surface area (Å²) in [6.45, 7) is 2.07. The predicted octanol–water partition coefficient (Wildman–Crippen LogP) is 3.27. The number of nitrogens with one attached hydrogen (secondary N) is 1. The van der Waals surface area contributed by atoms with Crippen LogP contribution in [0.4, 0.5) is 10.1 Å². The SMILES string of the molecule is COc1ncccc1NC(C)Cc1ccc(F)cc1. The van der Waals surface area contributed by atoms with Crippen molar-refractivity contribution in [2.45, 2.75) is 19.4 Å². The fourth-order valence-corrected chi connectivity index (χ4v) is 1.95. The third-order valence-corrected chi connectivity index (χ3v) is 2.82. The molecule has 0 aliphatic carbocycles. The Morgan fingerprint density at radius 1 is 1.26 bits per heavy atom. The van der Waals surface area contributed by atoms with Crippen LogP contribution in [0.1, 0.15) is 12.5 Å². The number of rotatable bonds is 5. The van der Waals surface area contributed by atoms with Gasteiger partial charge in [-0.15, -0.1) is 0 Å². The molecule has 1 aromatic heterocycles. The molecule has 1 atom stereocenters. The minimum Gasteiger partial charge on any atom is -0.480 e. The minimum absolute atomic E-state index is 0.198. The van der Waals surface area contributed by atoms with Crippen LogP contribution in [0.3, 0.4) is 0 Å². The van der Waals surface area contributed by atoms with Gasteiger partial charge in [-0.05, 0) is 43.2 Å². The molecule has 1 aromatic carbocycles. The van der Waals surface area contributed by atoms with Crippen molar-refractivity contribution in [2.75, 3.05) is 12.4 Å². The molecule has 2 aromatic rings. The monoisotopic (exact) mass is 260 g/mol. The second-order valence-electron chi connectivity index (χ2n) is 4.44. The van der Waals surface area contributed by atoms with Gasteiger partial charge in [0.2, 0.25) is 5.88 Å². The molecular weight excluding hydrogens is 243 g/mol. The van der Waals surface area contributed by atoms with Crippen molar-refractivity contribution in [3.8, 4) is 5.88 Å². The van der Waals surface area contributed by atoms with E-state index in [9.17, 15) is 4.39 Å². The predicted molar refractivity (Wildman–Crippen MR) is 74.0 cm³/mol. The lowest BCUT2D eigenvalue weighted by atomic mass is 10.1. The summed E-state index contributed by atoms with van der Waals surface area (Å²) in [6.07, 6.45) is 2.49. The Morgan fingerprint density at radius 2 is 2.00 bits per heavy atom. The van der Waals surface area contributed by atoms with Gasteiger partial charge in [0.25, 0.3) is 0 Å². The van der Waals surface area contributed by atoms with Crippen LogP contribution in [0.5, 0.6) is 5.88 Å². The molecule has 2 rings (SSSR count). The maximum absolute atomic E-state index is 12.8. The van der Waals surface area contributed by atoms with Crippen molar-refractivity contribution in [3.63, 3.8) is 0 Å². The van der Waals surface area contributed by atoms with Crippen LogP contribution in [0.15, 0.2) is 42.6 Å². The van der Waals surface area contributed by atoms with Gasteiger partial charge in [0.15, 0.2) is 0 Å². The summed E-state index contributed by atoms with van der Waals surface area (Å²) < 4.78 is 18.0. The molecule has 0 fully saturated rings. The molecule has 4 heteroatoms. The molecule has 0 spiro atoms. The van der Waals surface area contributed by atoms with Crippen LogP contribution >= 0.6 is 0 Å². The van der Waals surface area contributed by atoms with Gasteiger partial charge < -0.3 is 10.1 Å². The lowest BCUT2D eigenvalue weighted by Gasteiger charge is -2.16. The number of benzene rings is 1. The molecule has 0 bridgehead atoms. The standard InChI is InChI=1S/C15H17FN2O/c1-11(10-12-5-7-13(16)8-6-12)18-14-4-3-9-17-15(14)19-2/h3-9,11,18H,10H2,1-2H3. The maximum Gasteiger partial charge on any atom is 0.237 e. The second kappa shape index (κ2) is 6.18. The molecule has 19 heavy (non-hydrogen) atoms. The number of nitrogens with zero attached hydrogens (tertiary/aromatic N) is 1. The largest absolute Gasteiger partial charge is 0.480 e. The highest BCUT2D eigenvalue weighted by Crippen LogP contribution is 2.21. The molecule has 0 saturated heterocycles. The topological polar surface area (TPSA) is 34.1 Å². The smallest absolute Gasteiger partial charge is 0.237 e. The van der Waals surface area contributed by atoms with E-state index in [1.807, 2.05) is 12.1 Å². The Bertz CT molecular complexity index is 528. The van der Waals surface area contributed by atoms with Crippen LogP contribution < -0.4 is 10.1 Å². The fraction of sp³-hybridized carbons (Fsp3) is 0.267. The highest BCUT2D eigenvalue weighted by Gasteiger charge is 2.08. The van der Waals surface area contributed by atoms with Gasteiger partial charge in [0.05, 0.1) is 12.8 Å². The van der Waals surface area contributed by atoms with Crippen molar-refractivity contribution in [1.29, 1.82) is 0 Å². The Labute approximate surface area is 112 Å². The molecule has 0 aliphatic rings. The Morgan fingerprint density at radius 3 is 2.68 bits per heavy atom. The zero-order valence-electron chi connectivity index (χ0n) is 11.1. The van der Waals surface area contributed by atoms with Crippen LogP contribution in [0, 0.1) is 5.82 Å². The number of hydrogen-bond donors (Lipinski definition) is 1. The molecule has 1 heterocycles. The van der Waals surface area contributed by atoms with Gasteiger partial charge in [0.1, 0.15) is 5.82 Å². The van der Waals surface area contributed by atoms with Gasteiger partial charge in [-0.25, -0.2) is 9.37 Å². The van der Waals surface area contributed by atoms with E-state index in [0.29, 0.717) is 5.88 Å². The molecule has 0 radical (unpaired) electrons. The minimum atomic E-state index is -0.210. The van der Waals surface area contributed by atoms with Crippen molar-refractivity contribution in [2.24, 2.45) is 0 Å². The number of pyridine rings is 1. The van der Waals surface area contributed by atoms with E-state index in [-0.39, 0.29) is 11.9 Å². The van der Waals surface area contributed by atoms with Gasteiger partial charge in [-0.2, -0.15) is 0 Å². The van der Waals surface area contributed by atoms with Crippen molar-refractivity contribution >= 4 is 5.69 Å². The lowest BCUT2D eigenvalue weighted by Crippen LogP contribution is -2.18. The van der Waals surface area contributed by atoms with Crippen molar-refractivity contribution in [1.82, 2.24) is 4.98 Å². The van der Waals surface area contributed by atoms with Gasteiger partial charge in [-0.1, -0.05) is 12.1 Å². The van der Waals surface area contributed by atoms with Crippen LogP contribution in [-0.2, 0) is 6.42 Å². The summed E-state index contributed by atoms with van der Waals surface area (Å²) in [5, 5.41) is 3.34. The van der Waals surface area contributed by atoms with Crippen LogP contribution in [0.2, 0.25) is 0 Å². The van der Waals surface area contributed by atoms with Crippen molar-refractivity contribution < 1.29 is 9.13 Å².